The van der Waals surface area contributed by atoms with Gasteiger partial charge in [-0.1, -0.05) is 0 Å². The molecule has 0 radical (unpaired) electrons. The molecule has 0 bridgehead atoms. The molecule has 2 aliphatic rings. The first-order chi connectivity index (χ1) is 12.0. The molecule has 8 heteroatoms. The summed E-state index contributed by atoms with van der Waals surface area (Å²) in [5.74, 6) is 1.07. The topological polar surface area (TPSA) is 82.9 Å². The summed E-state index contributed by atoms with van der Waals surface area (Å²) in [5.41, 5.74) is 0. The van der Waals surface area contributed by atoms with Gasteiger partial charge in [0.1, 0.15) is 5.82 Å². The van der Waals surface area contributed by atoms with Gasteiger partial charge in [-0.3, -0.25) is 9.69 Å². The minimum Gasteiger partial charge on any atom is -0.389 e. The molecule has 140 valence electrons. The van der Waals surface area contributed by atoms with Gasteiger partial charge in [-0.15, -0.1) is 0 Å². The number of aliphatic hydroxyl groups is 1. The SMILES string of the molecule is CC(=O)N1CCCN(CC2OCC(NCc3nccn3C)C2O)CC1. The van der Waals surface area contributed by atoms with Crippen LogP contribution in [0.1, 0.15) is 19.2 Å². The van der Waals surface area contributed by atoms with E-state index in [9.17, 15) is 9.90 Å². The van der Waals surface area contributed by atoms with Gasteiger partial charge in [0.05, 0.1) is 31.4 Å². The summed E-state index contributed by atoms with van der Waals surface area (Å²) in [6.45, 7) is 6.76. The van der Waals surface area contributed by atoms with E-state index in [1.54, 1.807) is 13.1 Å². The van der Waals surface area contributed by atoms with Crippen LogP contribution < -0.4 is 5.32 Å². The zero-order valence-electron chi connectivity index (χ0n) is 15.1. The molecule has 0 aliphatic carbocycles. The second kappa shape index (κ2) is 8.27. The van der Waals surface area contributed by atoms with E-state index >= 15 is 0 Å². The molecule has 3 heterocycles. The van der Waals surface area contributed by atoms with E-state index in [0.29, 0.717) is 19.7 Å². The van der Waals surface area contributed by atoms with Crippen LogP contribution in [0.15, 0.2) is 12.4 Å². The number of hydrogen-bond donors (Lipinski definition) is 2. The molecule has 8 nitrogen and oxygen atoms in total. The van der Waals surface area contributed by atoms with Gasteiger partial charge in [-0.2, -0.15) is 0 Å². The van der Waals surface area contributed by atoms with Crippen molar-refractivity contribution in [1.29, 1.82) is 0 Å². The molecule has 2 fully saturated rings. The molecule has 3 unspecified atom stereocenters. The summed E-state index contributed by atoms with van der Waals surface area (Å²) < 4.78 is 7.80. The Bertz CT molecular complexity index is 578. The number of carbonyl (C=O) groups excluding carboxylic acids is 1. The first-order valence-corrected chi connectivity index (χ1v) is 9.01. The molecule has 2 saturated heterocycles. The molecule has 25 heavy (non-hydrogen) atoms. The highest BCUT2D eigenvalue weighted by molar-refractivity contribution is 5.73. The van der Waals surface area contributed by atoms with Gasteiger partial charge in [0, 0.05) is 52.5 Å². The third kappa shape index (κ3) is 4.58. The third-order valence-electron chi connectivity index (χ3n) is 5.20. The number of aromatic nitrogens is 2. The van der Waals surface area contributed by atoms with Crippen molar-refractivity contribution in [1.82, 2.24) is 24.7 Å². The second-order valence-corrected chi connectivity index (χ2v) is 6.96. The van der Waals surface area contributed by atoms with Crippen molar-refractivity contribution in [3.05, 3.63) is 18.2 Å². The van der Waals surface area contributed by atoms with E-state index in [-0.39, 0.29) is 18.1 Å². The van der Waals surface area contributed by atoms with Crippen LogP contribution in [0.4, 0.5) is 0 Å². The molecular weight excluding hydrogens is 322 g/mol. The average Bonchev–Trinajstić information content (AvgIpc) is 3.04. The fourth-order valence-corrected chi connectivity index (χ4v) is 3.54. The van der Waals surface area contributed by atoms with E-state index in [1.165, 1.54) is 0 Å². The Morgan fingerprint density at radius 1 is 1.40 bits per heavy atom. The lowest BCUT2D eigenvalue weighted by atomic mass is 10.1. The normalized spacial score (nSPS) is 28.3. The van der Waals surface area contributed by atoms with E-state index in [2.05, 4.69) is 15.2 Å². The first kappa shape index (κ1) is 18.3. The van der Waals surface area contributed by atoms with Crippen molar-refractivity contribution in [2.24, 2.45) is 7.05 Å². The number of hydrogen-bond acceptors (Lipinski definition) is 6. The van der Waals surface area contributed by atoms with Crippen LogP contribution in [0.3, 0.4) is 0 Å². The molecule has 0 saturated carbocycles. The maximum atomic E-state index is 11.5. The van der Waals surface area contributed by atoms with Gasteiger partial charge in [0.15, 0.2) is 0 Å². The quantitative estimate of drug-likeness (QED) is 0.722. The highest BCUT2D eigenvalue weighted by Crippen LogP contribution is 2.17. The Hall–Kier alpha value is -1.48. The van der Waals surface area contributed by atoms with Crippen LogP contribution in [0.25, 0.3) is 0 Å². The monoisotopic (exact) mass is 351 g/mol. The predicted molar refractivity (Wildman–Crippen MR) is 92.9 cm³/mol. The molecule has 0 spiro atoms. The number of rotatable bonds is 5. The van der Waals surface area contributed by atoms with Gasteiger partial charge >= 0.3 is 0 Å². The first-order valence-electron chi connectivity index (χ1n) is 9.01. The summed E-state index contributed by atoms with van der Waals surface area (Å²) in [4.78, 5) is 20.0. The Labute approximate surface area is 148 Å². The molecule has 2 aliphatic heterocycles. The van der Waals surface area contributed by atoms with Gasteiger partial charge in [-0.25, -0.2) is 4.98 Å². The standard InChI is InChI=1S/C17H29N5O3/c1-13(23)22-6-3-5-21(8-9-22)11-15-17(24)14(12-25-15)19-10-16-18-4-7-20(16)2/h4,7,14-15,17,19,24H,3,5-6,8-12H2,1-2H3. The number of nitrogens with zero attached hydrogens (tertiary/aromatic N) is 4. The molecule has 0 aromatic carbocycles. The Morgan fingerprint density at radius 2 is 2.24 bits per heavy atom. The Morgan fingerprint density at radius 3 is 2.96 bits per heavy atom. The van der Waals surface area contributed by atoms with E-state index < -0.39 is 6.10 Å². The van der Waals surface area contributed by atoms with Gasteiger partial charge in [0.25, 0.3) is 0 Å². The number of amides is 1. The number of nitrogens with one attached hydrogen (secondary N) is 1. The highest BCUT2D eigenvalue weighted by atomic mass is 16.5. The lowest BCUT2D eigenvalue weighted by Crippen LogP contribution is -2.45. The Kier molecular flexibility index (Phi) is 6.06. The molecule has 3 atom stereocenters. The van der Waals surface area contributed by atoms with Crippen LogP contribution in [0, 0.1) is 0 Å². The number of aryl methyl sites for hydroxylation is 1. The summed E-state index contributed by atoms with van der Waals surface area (Å²) in [7, 11) is 1.96. The lowest BCUT2D eigenvalue weighted by molar-refractivity contribution is -0.128. The van der Waals surface area contributed by atoms with Crippen LogP contribution in [0.5, 0.6) is 0 Å². The molecular formula is C17H29N5O3. The van der Waals surface area contributed by atoms with Crippen LogP contribution in [0.2, 0.25) is 0 Å². The van der Waals surface area contributed by atoms with Crippen molar-refractivity contribution >= 4 is 5.91 Å². The maximum Gasteiger partial charge on any atom is 0.219 e. The summed E-state index contributed by atoms with van der Waals surface area (Å²) in [5, 5.41) is 13.9. The van der Waals surface area contributed by atoms with Crippen LogP contribution in [-0.4, -0.2) is 87.9 Å². The summed E-state index contributed by atoms with van der Waals surface area (Å²) in [6.07, 6.45) is 3.91. The minimum absolute atomic E-state index is 0.0811. The van der Waals surface area contributed by atoms with Crippen LogP contribution >= 0.6 is 0 Å². The second-order valence-electron chi connectivity index (χ2n) is 6.96. The van der Waals surface area contributed by atoms with Crippen molar-refractivity contribution in [3.8, 4) is 0 Å². The molecule has 2 N–H and O–H groups in total. The van der Waals surface area contributed by atoms with Crippen molar-refractivity contribution in [2.45, 2.75) is 38.1 Å². The summed E-state index contributed by atoms with van der Waals surface area (Å²) >= 11 is 0. The van der Waals surface area contributed by atoms with E-state index in [0.717, 1.165) is 38.4 Å². The minimum atomic E-state index is -0.535. The zero-order valence-corrected chi connectivity index (χ0v) is 15.1. The predicted octanol–water partition coefficient (Wildman–Crippen LogP) is -0.808. The molecule has 1 aromatic rings. The highest BCUT2D eigenvalue weighted by Gasteiger charge is 2.36. The van der Waals surface area contributed by atoms with Gasteiger partial charge in [-0.05, 0) is 13.0 Å². The van der Waals surface area contributed by atoms with Crippen LogP contribution in [-0.2, 0) is 23.1 Å². The van der Waals surface area contributed by atoms with E-state index in [1.807, 2.05) is 22.7 Å². The smallest absolute Gasteiger partial charge is 0.219 e. The van der Waals surface area contributed by atoms with Gasteiger partial charge in [0.2, 0.25) is 5.91 Å². The largest absolute Gasteiger partial charge is 0.389 e. The third-order valence-corrected chi connectivity index (χ3v) is 5.20. The fourth-order valence-electron chi connectivity index (χ4n) is 3.54. The molecule has 3 rings (SSSR count). The van der Waals surface area contributed by atoms with Crippen molar-refractivity contribution in [2.75, 3.05) is 39.3 Å². The zero-order chi connectivity index (χ0) is 17.8. The number of imidazole rings is 1. The lowest BCUT2D eigenvalue weighted by Gasteiger charge is -2.26. The molecule has 1 aromatic heterocycles. The number of carbonyl (C=O) groups is 1. The number of ether oxygens (including phenoxy) is 1. The summed E-state index contributed by atoms with van der Waals surface area (Å²) in [6, 6.07) is -0.0811. The Balaban J connectivity index is 1.46. The van der Waals surface area contributed by atoms with Gasteiger partial charge < -0.3 is 24.6 Å². The van der Waals surface area contributed by atoms with Crippen molar-refractivity contribution in [3.63, 3.8) is 0 Å². The number of aliphatic hydroxyl groups excluding tert-OH is 1. The van der Waals surface area contributed by atoms with Crippen molar-refractivity contribution < 1.29 is 14.6 Å². The molecule has 1 amide bonds. The fraction of sp³-hybridized carbons (Fsp3) is 0.765. The maximum absolute atomic E-state index is 11.5. The average molecular weight is 351 g/mol. The van der Waals surface area contributed by atoms with E-state index in [4.69, 9.17) is 4.74 Å².